The number of aromatic nitrogens is 6. The molecule has 3 aromatic heterocycles. The van der Waals surface area contributed by atoms with Crippen molar-refractivity contribution < 1.29 is 9.53 Å². The minimum absolute atomic E-state index is 0.0429. The molecular formula is C28H31N7O2. The number of nitrogens with zero attached hydrogens (tertiary/aromatic N) is 4. The Hall–Kier alpha value is -4.01. The second-order valence-corrected chi connectivity index (χ2v) is 10.3. The lowest BCUT2D eigenvalue weighted by molar-refractivity contribution is -0.119. The zero-order chi connectivity index (χ0) is 25.5. The number of aryl methyl sites for hydroxylation is 2. The Morgan fingerprint density at radius 1 is 1.00 bits per heavy atom. The number of anilines is 1. The first kappa shape index (κ1) is 23.4. The van der Waals surface area contributed by atoms with Crippen LogP contribution in [0.5, 0.6) is 5.75 Å². The van der Waals surface area contributed by atoms with Crippen LogP contribution in [0.3, 0.4) is 0 Å². The van der Waals surface area contributed by atoms with E-state index in [-0.39, 0.29) is 11.8 Å². The van der Waals surface area contributed by atoms with Crippen LogP contribution in [0.1, 0.15) is 48.8 Å². The maximum atomic E-state index is 13.8. The molecular weight excluding hydrogens is 466 g/mol. The predicted molar refractivity (Wildman–Crippen MR) is 140 cm³/mol. The van der Waals surface area contributed by atoms with E-state index in [0.29, 0.717) is 29.2 Å². The van der Waals surface area contributed by atoms with Crippen molar-refractivity contribution in [2.45, 2.75) is 45.4 Å². The van der Waals surface area contributed by atoms with E-state index < -0.39 is 5.92 Å². The standard InChI is InChI=1S/C28H31N7O2/c1-15-23(16(2)33-32-15)17-8-10-21(11-9-17)30-28(36)25(24(18-4-5-18)19-6-7-19)27-31-26(34-35-27)20-12-22(37-3)14-29-13-20/h8-14,18-19,24-25H,4-7H2,1-3H3,(H,30,36)(H,32,33)(H,31,34,35). The van der Waals surface area contributed by atoms with E-state index >= 15 is 0 Å². The normalized spacial score (nSPS) is 16.1. The molecule has 1 atom stereocenters. The summed E-state index contributed by atoms with van der Waals surface area (Å²) in [5, 5.41) is 18.0. The number of carbonyl (C=O) groups excluding carboxylic acids is 1. The SMILES string of the molecule is COc1cncc(-c2n[nH]c(C(C(=O)Nc3ccc(-c4c(C)n[nH]c4C)cc3)C(C3CC3)C3CC3)n2)c1. The van der Waals surface area contributed by atoms with Crippen molar-refractivity contribution in [3.05, 3.63) is 59.9 Å². The highest BCUT2D eigenvalue weighted by atomic mass is 16.5. The number of nitrogens with one attached hydrogen (secondary N) is 3. The lowest BCUT2D eigenvalue weighted by atomic mass is 9.82. The summed E-state index contributed by atoms with van der Waals surface area (Å²) in [6, 6.07) is 9.80. The predicted octanol–water partition coefficient (Wildman–Crippen LogP) is 5.04. The van der Waals surface area contributed by atoms with Crippen molar-refractivity contribution in [1.29, 1.82) is 0 Å². The van der Waals surface area contributed by atoms with Gasteiger partial charge in [-0.25, -0.2) is 4.98 Å². The summed E-state index contributed by atoms with van der Waals surface area (Å²) in [7, 11) is 1.60. The fourth-order valence-corrected chi connectivity index (χ4v) is 5.48. The van der Waals surface area contributed by atoms with Crippen LogP contribution in [-0.2, 0) is 4.79 Å². The molecule has 0 bridgehead atoms. The lowest BCUT2D eigenvalue weighted by Crippen LogP contribution is -2.31. The quantitative estimate of drug-likeness (QED) is 0.298. The van der Waals surface area contributed by atoms with Crippen LogP contribution in [0, 0.1) is 31.6 Å². The minimum atomic E-state index is -0.391. The van der Waals surface area contributed by atoms with Crippen LogP contribution in [0.4, 0.5) is 5.69 Å². The number of carbonyl (C=O) groups is 1. The van der Waals surface area contributed by atoms with Crippen LogP contribution in [0.2, 0.25) is 0 Å². The molecule has 190 valence electrons. The van der Waals surface area contributed by atoms with Crippen molar-refractivity contribution in [3.8, 4) is 28.3 Å². The van der Waals surface area contributed by atoms with E-state index in [1.165, 1.54) is 25.7 Å². The van der Waals surface area contributed by atoms with E-state index in [0.717, 1.165) is 33.8 Å². The topological polar surface area (TPSA) is 121 Å². The fourth-order valence-electron chi connectivity index (χ4n) is 5.48. The molecule has 1 aromatic carbocycles. The van der Waals surface area contributed by atoms with Crippen LogP contribution in [-0.4, -0.2) is 43.4 Å². The van der Waals surface area contributed by atoms with Gasteiger partial charge in [-0.15, -0.1) is 0 Å². The molecule has 3 N–H and O–H groups in total. The molecule has 0 aliphatic heterocycles. The molecule has 1 unspecified atom stereocenters. The van der Waals surface area contributed by atoms with Crippen LogP contribution in [0.25, 0.3) is 22.5 Å². The van der Waals surface area contributed by atoms with Gasteiger partial charge in [0.15, 0.2) is 5.82 Å². The number of hydrogen-bond acceptors (Lipinski definition) is 6. The van der Waals surface area contributed by atoms with Crippen molar-refractivity contribution in [1.82, 2.24) is 30.4 Å². The van der Waals surface area contributed by atoms with Gasteiger partial charge in [-0.1, -0.05) is 12.1 Å². The summed E-state index contributed by atoms with van der Waals surface area (Å²) in [5.74, 6) is 2.71. The first-order valence-electron chi connectivity index (χ1n) is 12.9. The van der Waals surface area contributed by atoms with Gasteiger partial charge in [-0.2, -0.15) is 10.2 Å². The molecule has 6 rings (SSSR count). The number of hydrogen-bond donors (Lipinski definition) is 3. The molecule has 2 saturated carbocycles. The van der Waals surface area contributed by atoms with E-state index in [4.69, 9.17) is 9.72 Å². The molecule has 9 nitrogen and oxygen atoms in total. The lowest BCUT2D eigenvalue weighted by Gasteiger charge is -2.24. The Morgan fingerprint density at radius 3 is 2.35 bits per heavy atom. The number of rotatable bonds is 9. The van der Waals surface area contributed by atoms with Gasteiger partial charge in [0.05, 0.1) is 19.0 Å². The summed E-state index contributed by atoms with van der Waals surface area (Å²) in [4.78, 5) is 22.9. The second-order valence-electron chi connectivity index (χ2n) is 10.3. The summed E-state index contributed by atoms with van der Waals surface area (Å²) in [5.41, 5.74) is 5.66. The third-order valence-corrected chi connectivity index (χ3v) is 7.57. The highest BCUT2D eigenvalue weighted by molar-refractivity contribution is 5.96. The van der Waals surface area contributed by atoms with Crippen molar-refractivity contribution in [2.75, 3.05) is 12.4 Å². The highest BCUT2D eigenvalue weighted by Crippen LogP contribution is 2.54. The van der Waals surface area contributed by atoms with Gasteiger partial charge in [0.25, 0.3) is 0 Å². The average molecular weight is 498 g/mol. The Kier molecular flexibility index (Phi) is 5.98. The number of aromatic amines is 2. The molecule has 37 heavy (non-hydrogen) atoms. The van der Waals surface area contributed by atoms with Crippen molar-refractivity contribution in [3.63, 3.8) is 0 Å². The number of pyridine rings is 1. The minimum Gasteiger partial charge on any atom is -0.495 e. The molecule has 0 spiro atoms. The zero-order valence-electron chi connectivity index (χ0n) is 21.3. The highest BCUT2D eigenvalue weighted by Gasteiger charge is 2.49. The van der Waals surface area contributed by atoms with Gasteiger partial charge in [0.2, 0.25) is 5.91 Å². The molecule has 9 heteroatoms. The monoisotopic (exact) mass is 497 g/mol. The van der Waals surface area contributed by atoms with E-state index in [1.54, 1.807) is 19.5 Å². The molecule has 4 aromatic rings. The van der Waals surface area contributed by atoms with Crippen LogP contribution >= 0.6 is 0 Å². The van der Waals surface area contributed by atoms with E-state index in [2.05, 4.69) is 30.7 Å². The molecule has 0 radical (unpaired) electrons. The smallest absolute Gasteiger partial charge is 0.235 e. The number of H-pyrrole nitrogens is 2. The first-order valence-corrected chi connectivity index (χ1v) is 12.9. The third kappa shape index (κ3) is 4.73. The Labute approximate surface area is 215 Å². The molecule has 3 heterocycles. The summed E-state index contributed by atoms with van der Waals surface area (Å²) in [6.07, 6.45) is 8.03. The maximum Gasteiger partial charge on any atom is 0.235 e. The summed E-state index contributed by atoms with van der Waals surface area (Å²) >= 11 is 0. The summed E-state index contributed by atoms with van der Waals surface area (Å²) in [6.45, 7) is 4.00. The Bertz CT molecular complexity index is 1390. The summed E-state index contributed by atoms with van der Waals surface area (Å²) < 4.78 is 5.30. The molecule has 2 fully saturated rings. The van der Waals surface area contributed by atoms with Crippen LogP contribution < -0.4 is 10.1 Å². The fraction of sp³-hybridized carbons (Fsp3) is 0.393. The molecule has 1 amide bonds. The van der Waals surface area contributed by atoms with Gasteiger partial charge < -0.3 is 10.1 Å². The maximum absolute atomic E-state index is 13.8. The van der Waals surface area contributed by atoms with E-state index in [1.807, 2.05) is 44.2 Å². The van der Waals surface area contributed by atoms with Crippen LogP contribution in [0.15, 0.2) is 42.7 Å². The Balaban J connectivity index is 1.28. The van der Waals surface area contributed by atoms with Gasteiger partial charge in [-0.3, -0.25) is 20.0 Å². The number of amides is 1. The van der Waals surface area contributed by atoms with Gasteiger partial charge >= 0.3 is 0 Å². The van der Waals surface area contributed by atoms with Gasteiger partial charge in [-0.05, 0) is 81.0 Å². The second kappa shape index (κ2) is 9.46. The van der Waals surface area contributed by atoms with Crippen molar-refractivity contribution in [2.24, 2.45) is 17.8 Å². The molecule has 2 aliphatic rings. The van der Waals surface area contributed by atoms with Gasteiger partial charge in [0.1, 0.15) is 17.5 Å². The van der Waals surface area contributed by atoms with Gasteiger partial charge in [0, 0.05) is 28.7 Å². The largest absolute Gasteiger partial charge is 0.495 e. The average Bonchev–Trinajstić information content (AvgIpc) is 3.85. The molecule has 2 aliphatic carbocycles. The van der Waals surface area contributed by atoms with E-state index in [9.17, 15) is 4.79 Å². The first-order chi connectivity index (χ1) is 18.0. The Morgan fingerprint density at radius 2 is 1.73 bits per heavy atom. The number of benzene rings is 1. The third-order valence-electron chi connectivity index (χ3n) is 7.57. The van der Waals surface area contributed by atoms with Crippen molar-refractivity contribution >= 4 is 11.6 Å². The number of methoxy groups -OCH3 is 1. The zero-order valence-corrected chi connectivity index (χ0v) is 21.3. The number of ether oxygens (including phenoxy) is 1. The molecule has 0 saturated heterocycles.